The van der Waals surface area contributed by atoms with Crippen molar-refractivity contribution >= 4 is 18.7 Å². The van der Waals surface area contributed by atoms with Crippen LogP contribution < -0.4 is 0 Å². The average molecular weight is 321 g/mol. The van der Waals surface area contributed by atoms with E-state index in [4.69, 9.17) is 11.6 Å². The van der Waals surface area contributed by atoms with Gasteiger partial charge in [-0.25, -0.2) is 0 Å². The van der Waals surface area contributed by atoms with E-state index in [1.165, 1.54) is 6.92 Å². The molecule has 2 nitrogen and oxygen atoms in total. The highest BCUT2D eigenvalue weighted by Crippen LogP contribution is 2.53. The molecule has 110 valence electrons. The Hall–Kier alpha value is 0.0600. The van der Waals surface area contributed by atoms with Crippen LogP contribution in [0.5, 0.6) is 0 Å². The van der Waals surface area contributed by atoms with E-state index in [0.717, 1.165) is 0 Å². The van der Waals surface area contributed by atoms with Crippen LogP contribution in [0.3, 0.4) is 0 Å². The van der Waals surface area contributed by atoms with Gasteiger partial charge in [0.2, 0.25) is 0 Å². The van der Waals surface area contributed by atoms with Crippen LogP contribution in [0.25, 0.3) is 0 Å². The van der Waals surface area contributed by atoms with Gasteiger partial charge >= 0.3 is 12.4 Å². The fourth-order valence-corrected chi connectivity index (χ4v) is 3.32. The van der Waals surface area contributed by atoms with E-state index in [-0.39, 0.29) is 5.88 Å². The van der Waals surface area contributed by atoms with Crippen molar-refractivity contribution in [3.63, 3.8) is 0 Å². The molecule has 0 radical (unpaired) electrons. The second-order valence-corrected chi connectivity index (χ2v) is 7.18. The second-order valence-electron chi connectivity index (χ2n) is 3.87. The van der Waals surface area contributed by atoms with Crippen LogP contribution in [-0.2, 0) is 9.30 Å². The van der Waals surface area contributed by atoms with Crippen molar-refractivity contribution in [2.24, 2.45) is 0 Å². The van der Waals surface area contributed by atoms with Gasteiger partial charge in [0, 0.05) is 5.88 Å². The molecule has 0 amide bonds. The van der Waals surface area contributed by atoms with Crippen LogP contribution in [0, 0.1) is 0 Å². The summed E-state index contributed by atoms with van der Waals surface area (Å²) in [6, 6.07) is 0. The summed E-state index contributed by atoms with van der Waals surface area (Å²) in [5.41, 5.74) is 0. The van der Waals surface area contributed by atoms with Crippen LogP contribution in [0.2, 0.25) is 0 Å². The molecular formula is C8H12ClF6O2P. The van der Waals surface area contributed by atoms with Crippen molar-refractivity contribution < 1.29 is 35.6 Å². The first-order chi connectivity index (χ1) is 7.87. The summed E-state index contributed by atoms with van der Waals surface area (Å²) in [6.45, 7) is 1.36. The predicted octanol–water partition coefficient (Wildman–Crippen LogP) is 4.08. The van der Waals surface area contributed by atoms with Gasteiger partial charge in [-0.1, -0.05) is 0 Å². The first kappa shape index (κ1) is 18.1. The lowest BCUT2D eigenvalue weighted by molar-refractivity contribution is -0.113. The lowest BCUT2D eigenvalue weighted by Crippen LogP contribution is -2.25. The third-order valence-electron chi connectivity index (χ3n) is 1.75. The van der Waals surface area contributed by atoms with Gasteiger partial charge in [0.05, 0.1) is 18.4 Å². The SMILES string of the molecule is CC(CCl)OCP(=O)(CC(F)(F)F)CC(F)(F)F. The smallest absolute Gasteiger partial charge is 0.370 e. The maximum Gasteiger partial charge on any atom is 0.395 e. The fraction of sp³-hybridized carbons (Fsp3) is 1.00. The van der Waals surface area contributed by atoms with E-state index in [1.54, 1.807) is 0 Å². The van der Waals surface area contributed by atoms with Crippen molar-refractivity contribution in [1.29, 1.82) is 0 Å². The van der Waals surface area contributed by atoms with Gasteiger partial charge in [-0.15, -0.1) is 11.6 Å². The number of hydrogen-bond acceptors (Lipinski definition) is 2. The topological polar surface area (TPSA) is 26.3 Å². The molecular weight excluding hydrogens is 309 g/mol. The predicted molar refractivity (Wildman–Crippen MR) is 55.6 cm³/mol. The number of halogens is 7. The van der Waals surface area contributed by atoms with E-state index >= 15 is 0 Å². The Morgan fingerprint density at radius 2 is 1.50 bits per heavy atom. The summed E-state index contributed by atoms with van der Waals surface area (Å²) in [4.78, 5) is 0. The molecule has 18 heavy (non-hydrogen) atoms. The molecule has 0 bridgehead atoms. The quantitative estimate of drug-likeness (QED) is 0.419. The zero-order valence-electron chi connectivity index (χ0n) is 9.32. The van der Waals surface area contributed by atoms with Gasteiger partial charge in [-0.2, -0.15) is 26.3 Å². The van der Waals surface area contributed by atoms with E-state index in [2.05, 4.69) is 4.74 Å². The molecule has 0 spiro atoms. The van der Waals surface area contributed by atoms with E-state index in [0.29, 0.717) is 0 Å². The molecule has 0 aliphatic rings. The molecule has 0 aliphatic heterocycles. The molecule has 1 unspecified atom stereocenters. The van der Waals surface area contributed by atoms with Crippen molar-refractivity contribution in [2.75, 3.05) is 24.6 Å². The highest BCUT2D eigenvalue weighted by Gasteiger charge is 2.46. The number of hydrogen-bond donors (Lipinski definition) is 0. The molecule has 0 aliphatic carbocycles. The van der Waals surface area contributed by atoms with Gasteiger partial charge in [-0.05, 0) is 6.92 Å². The van der Waals surface area contributed by atoms with Crippen molar-refractivity contribution in [3.05, 3.63) is 0 Å². The van der Waals surface area contributed by atoms with Crippen molar-refractivity contribution in [1.82, 2.24) is 0 Å². The average Bonchev–Trinajstić information content (AvgIpc) is 2.07. The Morgan fingerprint density at radius 3 is 1.78 bits per heavy atom. The van der Waals surface area contributed by atoms with Gasteiger partial charge < -0.3 is 9.30 Å². The normalized spacial score (nSPS) is 15.8. The number of alkyl halides is 7. The Labute approximate surface area is 105 Å². The van der Waals surface area contributed by atoms with Crippen LogP contribution in [0.15, 0.2) is 0 Å². The lowest BCUT2D eigenvalue weighted by Gasteiger charge is -2.22. The molecule has 10 heteroatoms. The van der Waals surface area contributed by atoms with Crippen LogP contribution in [0.4, 0.5) is 26.3 Å². The van der Waals surface area contributed by atoms with Gasteiger partial charge in [-0.3, -0.25) is 0 Å². The molecule has 0 fully saturated rings. The van der Waals surface area contributed by atoms with Crippen LogP contribution in [-0.4, -0.2) is 43.0 Å². The van der Waals surface area contributed by atoms with Crippen molar-refractivity contribution in [2.45, 2.75) is 25.4 Å². The molecule has 0 heterocycles. The lowest BCUT2D eigenvalue weighted by atomic mass is 10.5. The highest BCUT2D eigenvalue weighted by molar-refractivity contribution is 7.63. The van der Waals surface area contributed by atoms with Crippen LogP contribution in [0.1, 0.15) is 6.92 Å². The third kappa shape index (κ3) is 9.05. The van der Waals surface area contributed by atoms with Crippen LogP contribution >= 0.6 is 18.7 Å². The molecule has 0 N–H and O–H groups in total. The van der Waals surface area contributed by atoms with Gasteiger partial charge in [0.25, 0.3) is 0 Å². The molecule has 0 aromatic rings. The van der Waals surface area contributed by atoms with Crippen molar-refractivity contribution in [3.8, 4) is 0 Å². The van der Waals surface area contributed by atoms with Gasteiger partial charge in [0.1, 0.15) is 13.5 Å². The van der Waals surface area contributed by atoms with E-state index < -0.39 is 44.3 Å². The maximum absolute atomic E-state index is 12.1. The summed E-state index contributed by atoms with van der Waals surface area (Å²) in [6.07, 6.45) is -15.7. The first-order valence-electron chi connectivity index (χ1n) is 4.75. The number of ether oxygens (including phenoxy) is 1. The molecule has 0 aromatic heterocycles. The summed E-state index contributed by atoms with van der Waals surface area (Å²) < 4.78 is 89.0. The summed E-state index contributed by atoms with van der Waals surface area (Å²) in [7, 11) is -4.56. The minimum atomic E-state index is -4.94. The molecule has 0 aromatic carbocycles. The minimum Gasteiger partial charge on any atom is -0.370 e. The fourth-order valence-electron chi connectivity index (χ4n) is 1.11. The molecule has 1 atom stereocenters. The highest BCUT2D eigenvalue weighted by atomic mass is 35.5. The Bertz CT molecular complexity index is 283. The zero-order valence-corrected chi connectivity index (χ0v) is 11.0. The number of rotatable bonds is 6. The maximum atomic E-state index is 12.1. The zero-order chi connectivity index (χ0) is 14.6. The molecule has 0 saturated carbocycles. The Kier molecular flexibility index (Phi) is 6.50. The first-order valence-corrected chi connectivity index (χ1v) is 7.55. The Balaban J connectivity index is 4.76. The summed E-state index contributed by atoms with van der Waals surface area (Å²) in [5.74, 6) is -0.113. The summed E-state index contributed by atoms with van der Waals surface area (Å²) >= 11 is 5.29. The second kappa shape index (κ2) is 6.48. The molecule has 0 rings (SSSR count). The minimum absolute atomic E-state index is 0.113. The largest absolute Gasteiger partial charge is 0.395 e. The van der Waals surface area contributed by atoms with E-state index in [9.17, 15) is 30.9 Å². The summed E-state index contributed by atoms with van der Waals surface area (Å²) in [5, 5.41) is 0. The van der Waals surface area contributed by atoms with E-state index in [1.807, 2.05) is 0 Å². The Morgan fingerprint density at radius 1 is 1.11 bits per heavy atom. The third-order valence-corrected chi connectivity index (χ3v) is 4.67. The van der Waals surface area contributed by atoms with Gasteiger partial charge in [0.15, 0.2) is 0 Å². The molecule has 0 saturated heterocycles. The standard InChI is InChI=1S/C8H12ClF6O2P/c1-6(2-9)17-5-18(16,3-7(10,11)12)4-8(13,14)15/h6H,2-5H2,1H3. The monoisotopic (exact) mass is 320 g/mol.